The van der Waals surface area contributed by atoms with E-state index in [4.69, 9.17) is 10.5 Å². The first-order valence-corrected chi connectivity index (χ1v) is 6.59. The molecule has 0 saturated heterocycles. The molecule has 0 aliphatic carbocycles. The highest BCUT2D eigenvalue weighted by atomic mass is 79.9. The predicted molar refractivity (Wildman–Crippen MR) is 77.2 cm³/mol. The number of rotatable bonds is 3. The third-order valence-corrected chi connectivity index (χ3v) is 3.37. The molecule has 0 aliphatic rings. The molecular formula is C11H7Br2N3O3. The van der Waals surface area contributed by atoms with Crippen LogP contribution < -0.4 is 10.5 Å². The molecule has 0 spiro atoms. The quantitative estimate of drug-likeness (QED) is 0.636. The van der Waals surface area contributed by atoms with E-state index in [-0.39, 0.29) is 11.6 Å². The van der Waals surface area contributed by atoms with E-state index in [0.717, 1.165) is 0 Å². The number of ether oxygens (including phenoxy) is 1. The van der Waals surface area contributed by atoms with E-state index < -0.39 is 4.92 Å². The summed E-state index contributed by atoms with van der Waals surface area (Å²) in [5.74, 6) is 0.605. The molecule has 1 aromatic carbocycles. The fraction of sp³-hybridized carbons (Fsp3) is 0. The van der Waals surface area contributed by atoms with Crippen LogP contribution in [0, 0.1) is 10.1 Å². The van der Waals surface area contributed by atoms with Crippen molar-refractivity contribution in [3.63, 3.8) is 0 Å². The Labute approximate surface area is 125 Å². The lowest BCUT2D eigenvalue weighted by Gasteiger charge is -2.10. The van der Waals surface area contributed by atoms with Crippen molar-refractivity contribution in [2.75, 3.05) is 5.73 Å². The van der Waals surface area contributed by atoms with Gasteiger partial charge in [-0.2, -0.15) is 0 Å². The molecular weight excluding hydrogens is 382 g/mol. The largest absolute Gasteiger partial charge is 0.435 e. The number of pyridine rings is 1. The first kappa shape index (κ1) is 13.8. The number of nitrogen functional groups attached to an aromatic ring is 1. The summed E-state index contributed by atoms with van der Waals surface area (Å²) < 4.78 is 6.41. The molecule has 0 atom stereocenters. The summed E-state index contributed by atoms with van der Waals surface area (Å²) in [7, 11) is 0. The Morgan fingerprint density at radius 3 is 2.47 bits per heavy atom. The van der Waals surface area contributed by atoms with Gasteiger partial charge in [-0.1, -0.05) is 0 Å². The van der Waals surface area contributed by atoms with Crippen molar-refractivity contribution in [3.05, 3.63) is 49.5 Å². The topological polar surface area (TPSA) is 91.3 Å². The Morgan fingerprint density at radius 2 is 1.95 bits per heavy atom. The van der Waals surface area contributed by atoms with Crippen molar-refractivity contribution in [3.8, 4) is 11.6 Å². The highest BCUT2D eigenvalue weighted by Crippen LogP contribution is 2.40. The van der Waals surface area contributed by atoms with E-state index >= 15 is 0 Å². The summed E-state index contributed by atoms with van der Waals surface area (Å²) in [6.07, 6.45) is 1.54. The van der Waals surface area contributed by atoms with Gasteiger partial charge < -0.3 is 10.5 Å². The number of hydrogen-bond acceptors (Lipinski definition) is 5. The molecule has 6 nitrogen and oxygen atoms in total. The van der Waals surface area contributed by atoms with E-state index in [1.165, 1.54) is 12.1 Å². The van der Waals surface area contributed by atoms with E-state index in [9.17, 15) is 10.1 Å². The van der Waals surface area contributed by atoms with Gasteiger partial charge in [0.15, 0.2) is 5.75 Å². The average Bonchev–Trinajstić information content (AvgIpc) is 2.35. The molecule has 1 heterocycles. The Morgan fingerprint density at radius 1 is 1.32 bits per heavy atom. The van der Waals surface area contributed by atoms with Gasteiger partial charge in [0.1, 0.15) is 0 Å². The van der Waals surface area contributed by atoms with Crippen LogP contribution in [0.1, 0.15) is 0 Å². The molecule has 8 heteroatoms. The molecule has 19 heavy (non-hydrogen) atoms. The van der Waals surface area contributed by atoms with Crippen molar-refractivity contribution < 1.29 is 9.66 Å². The van der Waals surface area contributed by atoms with E-state index in [2.05, 4.69) is 36.8 Å². The smallest absolute Gasteiger partial charge is 0.271 e. The highest BCUT2D eigenvalue weighted by Gasteiger charge is 2.16. The second kappa shape index (κ2) is 5.54. The summed E-state index contributed by atoms with van der Waals surface area (Å²) in [6.45, 7) is 0. The molecule has 98 valence electrons. The second-order valence-electron chi connectivity index (χ2n) is 3.50. The predicted octanol–water partition coefficient (Wildman–Crippen LogP) is 3.89. The number of nitrogens with two attached hydrogens (primary N) is 1. The number of anilines is 1. The van der Waals surface area contributed by atoms with Gasteiger partial charge in [-0.15, -0.1) is 0 Å². The van der Waals surface area contributed by atoms with Crippen molar-refractivity contribution in [1.82, 2.24) is 4.98 Å². The minimum Gasteiger partial charge on any atom is -0.435 e. The lowest BCUT2D eigenvalue weighted by molar-refractivity contribution is -0.385. The molecule has 0 aliphatic heterocycles. The van der Waals surface area contributed by atoms with Crippen LogP contribution in [0.15, 0.2) is 39.4 Å². The number of hydrogen-bond donors (Lipinski definition) is 1. The lowest BCUT2D eigenvalue weighted by atomic mass is 10.3. The SMILES string of the molecule is Nc1cccnc1Oc1c(Br)cc([N+](=O)[O-])cc1Br. The standard InChI is InChI=1S/C11H7Br2N3O3/c12-7-4-6(16(17)18)5-8(13)10(7)19-11-9(14)2-1-3-15-11/h1-5H,14H2. The van der Waals surface area contributed by atoms with Gasteiger partial charge in [0.05, 0.1) is 19.6 Å². The number of halogens is 2. The first-order valence-electron chi connectivity index (χ1n) is 5.01. The molecule has 0 fully saturated rings. The molecule has 2 rings (SSSR count). The van der Waals surface area contributed by atoms with Crippen LogP contribution >= 0.6 is 31.9 Å². The van der Waals surface area contributed by atoms with Gasteiger partial charge in [-0.25, -0.2) is 4.98 Å². The third-order valence-electron chi connectivity index (χ3n) is 2.19. The van der Waals surface area contributed by atoms with Crippen LogP contribution in [0.5, 0.6) is 11.6 Å². The zero-order chi connectivity index (χ0) is 14.0. The van der Waals surface area contributed by atoms with Crippen LogP contribution in [0.4, 0.5) is 11.4 Å². The van der Waals surface area contributed by atoms with Gasteiger partial charge in [-0.05, 0) is 44.0 Å². The maximum absolute atomic E-state index is 10.7. The summed E-state index contributed by atoms with van der Waals surface area (Å²) in [5.41, 5.74) is 6.04. The van der Waals surface area contributed by atoms with Crippen molar-refractivity contribution in [1.29, 1.82) is 0 Å². The van der Waals surface area contributed by atoms with Crippen LogP contribution in [0.25, 0.3) is 0 Å². The Hall–Kier alpha value is -1.67. The van der Waals surface area contributed by atoms with Crippen LogP contribution in [-0.4, -0.2) is 9.91 Å². The van der Waals surface area contributed by atoms with Gasteiger partial charge in [-0.3, -0.25) is 10.1 Å². The number of aromatic nitrogens is 1. The molecule has 0 amide bonds. The number of nitrogens with zero attached hydrogens (tertiary/aromatic N) is 2. The molecule has 1 aromatic heterocycles. The van der Waals surface area contributed by atoms with Crippen molar-refractivity contribution in [2.45, 2.75) is 0 Å². The monoisotopic (exact) mass is 387 g/mol. The minimum atomic E-state index is -0.492. The third kappa shape index (κ3) is 3.02. The van der Waals surface area contributed by atoms with Gasteiger partial charge in [0.25, 0.3) is 5.69 Å². The normalized spacial score (nSPS) is 10.2. The second-order valence-corrected chi connectivity index (χ2v) is 5.20. The van der Waals surface area contributed by atoms with E-state index in [1.807, 2.05) is 0 Å². The lowest BCUT2D eigenvalue weighted by Crippen LogP contribution is -1.96. The fourth-order valence-electron chi connectivity index (χ4n) is 1.33. The van der Waals surface area contributed by atoms with E-state index in [1.54, 1.807) is 18.3 Å². The van der Waals surface area contributed by atoms with Gasteiger partial charge >= 0.3 is 0 Å². The first-order chi connectivity index (χ1) is 8.99. The number of nitro groups is 1. The summed E-state index contributed by atoms with van der Waals surface area (Å²) in [6, 6.07) is 6.02. The zero-order valence-electron chi connectivity index (χ0n) is 9.34. The summed E-state index contributed by atoms with van der Waals surface area (Å²) in [5, 5.41) is 10.7. The minimum absolute atomic E-state index is 0.0555. The van der Waals surface area contributed by atoms with Crippen LogP contribution in [-0.2, 0) is 0 Å². The molecule has 2 aromatic rings. The molecule has 2 N–H and O–H groups in total. The maximum Gasteiger partial charge on any atom is 0.271 e. The number of non-ortho nitro benzene ring substituents is 1. The van der Waals surface area contributed by atoms with Crippen molar-refractivity contribution >= 4 is 43.2 Å². The Kier molecular flexibility index (Phi) is 4.01. The summed E-state index contributed by atoms with van der Waals surface area (Å²) >= 11 is 6.44. The number of nitro benzene ring substituents is 1. The maximum atomic E-state index is 10.7. The molecule has 0 unspecified atom stereocenters. The molecule has 0 bridgehead atoms. The molecule has 0 saturated carbocycles. The highest BCUT2D eigenvalue weighted by molar-refractivity contribution is 9.11. The van der Waals surface area contributed by atoms with E-state index in [0.29, 0.717) is 20.4 Å². The van der Waals surface area contributed by atoms with Crippen LogP contribution in [0.3, 0.4) is 0 Å². The Balaban J connectivity index is 2.42. The average molecular weight is 389 g/mol. The zero-order valence-corrected chi connectivity index (χ0v) is 12.5. The van der Waals surface area contributed by atoms with Crippen molar-refractivity contribution in [2.24, 2.45) is 0 Å². The summed E-state index contributed by atoms with van der Waals surface area (Å²) in [4.78, 5) is 14.2. The van der Waals surface area contributed by atoms with Crippen LogP contribution in [0.2, 0.25) is 0 Å². The Bertz CT molecular complexity index is 626. The molecule has 0 radical (unpaired) electrons. The fourth-order valence-corrected chi connectivity index (χ4v) is 2.66. The number of benzene rings is 1. The van der Waals surface area contributed by atoms with Gasteiger partial charge in [0, 0.05) is 18.3 Å². The van der Waals surface area contributed by atoms with Gasteiger partial charge in [0.2, 0.25) is 5.88 Å².